The van der Waals surface area contributed by atoms with Crippen molar-refractivity contribution in [2.45, 2.75) is 20.3 Å². The maximum Gasteiger partial charge on any atom is 0.259 e. The second kappa shape index (κ2) is 6.98. The molecule has 2 heterocycles. The highest BCUT2D eigenvalue weighted by atomic mass is 16.5. The van der Waals surface area contributed by atoms with Gasteiger partial charge in [0.1, 0.15) is 17.0 Å². The molecule has 2 aromatic rings. The predicted molar refractivity (Wildman–Crippen MR) is 93.3 cm³/mol. The van der Waals surface area contributed by atoms with Crippen LogP contribution in [-0.2, 0) is 4.74 Å². The maximum atomic E-state index is 13.1. The third kappa shape index (κ3) is 3.19. The van der Waals surface area contributed by atoms with E-state index in [4.69, 9.17) is 9.26 Å². The highest BCUT2D eigenvalue weighted by Gasteiger charge is 2.41. The minimum atomic E-state index is -0.391. The van der Waals surface area contributed by atoms with Crippen LogP contribution in [0.15, 0.2) is 28.8 Å². The van der Waals surface area contributed by atoms with Gasteiger partial charge in [-0.1, -0.05) is 29.4 Å². The monoisotopic (exact) mass is 344 g/mol. The Labute approximate surface area is 147 Å². The first-order valence-corrected chi connectivity index (χ1v) is 8.43. The van der Waals surface area contributed by atoms with Gasteiger partial charge in [0.05, 0.1) is 13.2 Å². The van der Waals surface area contributed by atoms with Crippen LogP contribution in [0.3, 0.4) is 0 Å². The van der Waals surface area contributed by atoms with E-state index in [0.717, 1.165) is 11.1 Å². The van der Waals surface area contributed by atoms with Gasteiger partial charge in [0.25, 0.3) is 5.91 Å². The van der Waals surface area contributed by atoms with Crippen LogP contribution in [0.25, 0.3) is 11.3 Å². The van der Waals surface area contributed by atoms with E-state index in [9.17, 15) is 9.90 Å². The molecule has 25 heavy (non-hydrogen) atoms. The molecule has 6 nitrogen and oxygen atoms in total. The number of benzene rings is 1. The molecule has 3 rings (SSSR count). The molecule has 1 atom stereocenters. The Hall–Kier alpha value is -2.18. The minimum Gasteiger partial charge on any atom is -0.396 e. The van der Waals surface area contributed by atoms with Gasteiger partial charge in [-0.05, 0) is 25.8 Å². The molecule has 0 saturated carbocycles. The Morgan fingerprint density at radius 1 is 1.40 bits per heavy atom. The second-order valence-electron chi connectivity index (χ2n) is 6.85. The van der Waals surface area contributed by atoms with E-state index in [2.05, 4.69) is 5.16 Å². The quantitative estimate of drug-likeness (QED) is 0.901. The van der Waals surface area contributed by atoms with E-state index in [0.29, 0.717) is 43.1 Å². The number of likely N-dealkylation sites (tertiary alicyclic amines) is 1. The van der Waals surface area contributed by atoms with Gasteiger partial charge in [-0.15, -0.1) is 0 Å². The van der Waals surface area contributed by atoms with Crippen LogP contribution in [0, 0.1) is 19.3 Å². The first-order valence-electron chi connectivity index (χ1n) is 8.43. The Kier molecular flexibility index (Phi) is 4.92. The Morgan fingerprint density at radius 2 is 2.16 bits per heavy atom. The lowest BCUT2D eigenvalue weighted by Gasteiger charge is -2.26. The summed E-state index contributed by atoms with van der Waals surface area (Å²) in [6.07, 6.45) is 0.715. The second-order valence-corrected chi connectivity index (χ2v) is 6.85. The van der Waals surface area contributed by atoms with Crippen LogP contribution < -0.4 is 0 Å². The number of hydrogen-bond acceptors (Lipinski definition) is 5. The van der Waals surface area contributed by atoms with Crippen LogP contribution >= 0.6 is 0 Å². The lowest BCUT2D eigenvalue weighted by Crippen LogP contribution is -2.37. The number of aliphatic hydroxyl groups excluding tert-OH is 1. The average Bonchev–Trinajstić information content (AvgIpc) is 3.20. The van der Waals surface area contributed by atoms with Crippen molar-refractivity contribution in [2.24, 2.45) is 5.41 Å². The molecule has 1 N–H and O–H groups in total. The molecule has 1 aliphatic heterocycles. The number of aromatic nitrogens is 1. The summed E-state index contributed by atoms with van der Waals surface area (Å²) in [7, 11) is 1.61. The van der Waals surface area contributed by atoms with Crippen LogP contribution in [0.4, 0.5) is 0 Å². The number of hydrogen-bond donors (Lipinski definition) is 1. The predicted octanol–water partition coefficient (Wildman–Crippen LogP) is 2.43. The topological polar surface area (TPSA) is 75.8 Å². The van der Waals surface area contributed by atoms with Crippen LogP contribution in [-0.4, -0.2) is 54.5 Å². The van der Waals surface area contributed by atoms with E-state index in [1.165, 1.54) is 0 Å². The summed E-state index contributed by atoms with van der Waals surface area (Å²) in [5.74, 6) is 0.403. The maximum absolute atomic E-state index is 13.1. The number of carbonyl (C=O) groups excluding carboxylic acids is 1. The summed E-state index contributed by atoms with van der Waals surface area (Å²) in [6, 6.07) is 7.80. The lowest BCUT2D eigenvalue weighted by molar-refractivity contribution is 0.0343. The molecule has 0 bridgehead atoms. The first-order chi connectivity index (χ1) is 12.0. The average molecular weight is 344 g/mol. The molecule has 1 aliphatic rings. The Bertz CT molecular complexity index is 771. The summed E-state index contributed by atoms with van der Waals surface area (Å²) in [4.78, 5) is 14.9. The highest BCUT2D eigenvalue weighted by molar-refractivity contribution is 6.01. The number of ether oxygens (including phenoxy) is 1. The molecule has 1 saturated heterocycles. The lowest BCUT2D eigenvalue weighted by atomic mass is 9.89. The van der Waals surface area contributed by atoms with E-state index < -0.39 is 5.41 Å². The summed E-state index contributed by atoms with van der Waals surface area (Å²) < 4.78 is 10.6. The molecule has 0 aliphatic carbocycles. The van der Waals surface area contributed by atoms with Crippen LogP contribution in [0.1, 0.15) is 28.1 Å². The summed E-state index contributed by atoms with van der Waals surface area (Å²) in [5, 5.41) is 13.9. The van der Waals surface area contributed by atoms with E-state index in [1.54, 1.807) is 18.9 Å². The zero-order valence-electron chi connectivity index (χ0n) is 14.9. The fraction of sp³-hybridized carbons (Fsp3) is 0.474. The smallest absolute Gasteiger partial charge is 0.259 e. The van der Waals surface area contributed by atoms with Gasteiger partial charge in [0.2, 0.25) is 0 Å². The third-order valence-electron chi connectivity index (χ3n) is 4.99. The molecule has 0 radical (unpaired) electrons. The molecule has 134 valence electrons. The first kappa shape index (κ1) is 17.6. The molecule has 1 aromatic heterocycles. The zero-order valence-corrected chi connectivity index (χ0v) is 14.9. The standard InChI is InChI=1S/C19H24N2O4/c1-13-6-4-5-7-15(13)17-16(14(2)25-20-17)18(23)21-9-8-19(10-21,11-22)12-24-3/h4-7,22H,8-12H2,1-3H3. The normalized spacial score (nSPS) is 20.2. The van der Waals surface area contributed by atoms with E-state index in [-0.39, 0.29) is 12.5 Å². The summed E-state index contributed by atoms with van der Waals surface area (Å²) in [5.41, 5.74) is 2.62. The zero-order chi connectivity index (χ0) is 18.0. The number of aliphatic hydroxyl groups is 1. The van der Waals surface area contributed by atoms with E-state index >= 15 is 0 Å². The van der Waals surface area contributed by atoms with E-state index in [1.807, 2.05) is 31.2 Å². The van der Waals surface area contributed by atoms with Crippen molar-refractivity contribution >= 4 is 5.91 Å². The Balaban J connectivity index is 1.92. The number of nitrogens with zero attached hydrogens (tertiary/aromatic N) is 2. The molecule has 0 spiro atoms. The van der Waals surface area contributed by atoms with Crippen LogP contribution in [0.5, 0.6) is 0 Å². The number of aryl methyl sites for hydroxylation is 2. The van der Waals surface area contributed by atoms with Crippen molar-refractivity contribution in [3.63, 3.8) is 0 Å². The summed E-state index contributed by atoms with van der Waals surface area (Å²) >= 11 is 0. The molecule has 1 amide bonds. The number of rotatable bonds is 5. The van der Waals surface area contributed by atoms with Gasteiger partial charge in [-0.3, -0.25) is 4.79 Å². The summed E-state index contributed by atoms with van der Waals surface area (Å²) in [6.45, 7) is 5.22. The third-order valence-corrected chi connectivity index (χ3v) is 4.99. The van der Waals surface area contributed by atoms with Crippen molar-refractivity contribution < 1.29 is 19.2 Å². The van der Waals surface area contributed by atoms with Crippen molar-refractivity contribution in [2.75, 3.05) is 33.4 Å². The van der Waals surface area contributed by atoms with Crippen molar-refractivity contribution in [1.29, 1.82) is 0 Å². The SMILES string of the molecule is COCC1(CO)CCN(C(=O)c2c(-c3ccccc3C)noc2C)C1. The molecule has 1 unspecified atom stereocenters. The number of carbonyl (C=O) groups is 1. The molecule has 6 heteroatoms. The van der Waals surface area contributed by atoms with Gasteiger partial charge < -0.3 is 19.3 Å². The van der Waals surface area contributed by atoms with Crippen molar-refractivity contribution in [3.8, 4) is 11.3 Å². The number of amides is 1. The minimum absolute atomic E-state index is 0.00209. The highest BCUT2D eigenvalue weighted by Crippen LogP contribution is 2.34. The fourth-order valence-electron chi connectivity index (χ4n) is 3.51. The van der Waals surface area contributed by atoms with Gasteiger partial charge in [-0.2, -0.15) is 0 Å². The molecular formula is C19H24N2O4. The molecule has 1 aromatic carbocycles. The molecular weight excluding hydrogens is 320 g/mol. The van der Waals surface area contributed by atoms with Gasteiger partial charge in [-0.25, -0.2) is 0 Å². The number of methoxy groups -OCH3 is 1. The van der Waals surface area contributed by atoms with Crippen molar-refractivity contribution in [3.05, 3.63) is 41.2 Å². The largest absolute Gasteiger partial charge is 0.396 e. The van der Waals surface area contributed by atoms with Crippen LogP contribution in [0.2, 0.25) is 0 Å². The van der Waals surface area contributed by atoms with Gasteiger partial charge in [0, 0.05) is 31.2 Å². The Morgan fingerprint density at radius 3 is 2.84 bits per heavy atom. The molecule has 1 fully saturated rings. The van der Waals surface area contributed by atoms with Gasteiger partial charge in [0.15, 0.2) is 0 Å². The van der Waals surface area contributed by atoms with Gasteiger partial charge >= 0.3 is 0 Å². The van der Waals surface area contributed by atoms with Crippen molar-refractivity contribution in [1.82, 2.24) is 10.1 Å². The fourth-order valence-corrected chi connectivity index (χ4v) is 3.51.